The summed E-state index contributed by atoms with van der Waals surface area (Å²) in [5.74, 6) is 0.400. The number of fused-ring (bicyclic) bond motifs is 1. The number of nitrogen functional groups attached to an aromatic ring is 1. The van der Waals surface area contributed by atoms with Crippen LogP contribution in [0.15, 0.2) is 6.33 Å². The van der Waals surface area contributed by atoms with E-state index in [-0.39, 0.29) is 0 Å². The van der Waals surface area contributed by atoms with Crippen molar-refractivity contribution >= 4 is 29.1 Å². The van der Waals surface area contributed by atoms with Gasteiger partial charge in [-0.1, -0.05) is 26.1 Å². The SMILES string of the molecule is CC.Nc1ncnc2[nH][nH]c(=S)c12. The average molecular weight is 197 g/mol. The Morgan fingerprint density at radius 3 is 2.62 bits per heavy atom. The van der Waals surface area contributed by atoms with Crippen LogP contribution in [0.5, 0.6) is 0 Å². The zero-order valence-electron chi connectivity index (χ0n) is 7.46. The number of aromatic nitrogens is 4. The van der Waals surface area contributed by atoms with Gasteiger partial charge in [0.2, 0.25) is 0 Å². The molecule has 0 bridgehead atoms. The first kappa shape index (κ1) is 9.66. The predicted octanol–water partition coefficient (Wildman–Crippen LogP) is 1.62. The van der Waals surface area contributed by atoms with Gasteiger partial charge in [-0.25, -0.2) is 9.97 Å². The molecule has 0 spiro atoms. The summed E-state index contributed by atoms with van der Waals surface area (Å²) in [5, 5.41) is 6.18. The highest BCUT2D eigenvalue weighted by Crippen LogP contribution is 2.13. The summed E-state index contributed by atoms with van der Waals surface area (Å²) in [6, 6.07) is 0. The minimum absolute atomic E-state index is 0.400. The van der Waals surface area contributed by atoms with Gasteiger partial charge in [-0.15, -0.1) is 0 Å². The molecule has 0 aromatic carbocycles. The van der Waals surface area contributed by atoms with Crippen molar-refractivity contribution in [3.05, 3.63) is 11.0 Å². The monoisotopic (exact) mass is 197 g/mol. The summed E-state index contributed by atoms with van der Waals surface area (Å²) in [6.45, 7) is 4.00. The number of hydrogen-bond donors (Lipinski definition) is 3. The number of rotatable bonds is 0. The molecule has 5 nitrogen and oxygen atoms in total. The van der Waals surface area contributed by atoms with Crippen molar-refractivity contribution in [1.29, 1.82) is 0 Å². The fourth-order valence-corrected chi connectivity index (χ4v) is 1.15. The summed E-state index contributed by atoms with van der Waals surface area (Å²) in [4.78, 5) is 7.72. The predicted molar refractivity (Wildman–Crippen MR) is 54.8 cm³/mol. The smallest absolute Gasteiger partial charge is 0.160 e. The van der Waals surface area contributed by atoms with E-state index in [9.17, 15) is 0 Å². The summed E-state index contributed by atoms with van der Waals surface area (Å²) in [6.07, 6.45) is 1.39. The fourth-order valence-electron chi connectivity index (χ4n) is 0.896. The standard InChI is InChI=1S/C5H5N5S.C2H6/c6-3-2-4(8-1-7-3)9-10-5(2)11;1-2/h1H,(H4,6,7,8,9,10,11);1-2H3. The van der Waals surface area contributed by atoms with Crippen molar-refractivity contribution in [2.75, 3.05) is 5.73 Å². The van der Waals surface area contributed by atoms with Crippen molar-refractivity contribution in [3.63, 3.8) is 0 Å². The third kappa shape index (κ3) is 1.67. The van der Waals surface area contributed by atoms with Crippen LogP contribution in [0.4, 0.5) is 5.82 Å². The molecule has 2 rings (SSSR count). The molecule has 0 radical (unpaired) electrons. The molecule has 0 aliphatic carbocycles. The zero-order chi connectivity index (χ0) is 9.84. The third-order valence-corrected chi connectivity index (χ3v) is 1.70. The van der Waals surface area contributed by atoms with Gasteiger partial charge in [-0.05, 0) is 0 Å². The highest BCUT2D eigenvalue weighted by molar-refractivity contribution is 7.71. The number of anilines is 1. The van der Waals surface area contributed by atoms with E-state index in [1.165, 1.54) is 6.33 Å². The van der Waals surface area contributed by atoms with Gasteiger partial charge in [-0.3, -0.25) is 10.2 Å². The molecule has 0 atom stereocenters. The molecular formula is C7H11N5S. The number of nitrogens with two attached hydrogens (primary N) is 1. The Labute approximate surface area is 80.4 Å². The third-order valence-electron chi connectivity index (χ3n) is 1.40. The fraction of sp³-hybridized carbons (Fsp3) is 0.286. The lowest BCUT2D eigenvalue weighted by atomic mass is 10.4. The lowest BCUT2D eigenvalue weighted by molar-refractivity contribution is 1.08. The molecule has 70 valence electrons. The first-order valence-electron chi connectivity index (χ1n) is 3.96. The van der Waals surface area contributed by atoms with Crippen LogP contribution in [0.2, 0.25) is 0 Å². The first-order chi connectivity index (χ1) is 6.29. The number of nitrogens with one attached hydrogen (secondary N) is 2. The Kier molecular flexibility index (Phi) is 2.97. The maximum Gasteiger partial charge on any atom is 0.160 e. The van der Waals surface area contributed by atoms with E-state index in [1.54, 1.807) is 0 Å². The second-order valence-electron chi connectivity index (χ2n) is 2.06. The van der Waals surface area contributed by atoms with E-state index in [1.807, 2.05) is 13.8 Å². The molecule has 0 saturated carbocycles. The van der Waals surface area contributed by atoms with Crippen LogP contribution in [-0.2, 0) is 0 Å². The lowest BCUT2D eigenvalue weighted by Crippen LogP contribution is -1.91. The molecule has 2 aromatic rings. The second-order valence-corrected chi connectivity index (χ2v) is 2.47. The molecule has 0 unspecified atom stereocenters. The molecule has 0 saturated heterocycles. The van der Waals surface area contributed by atoms with E-state index in [0.29, 0.717) is 21.5 Å². The maximum atomic E-state index is 5.54. The van der Waals surface area contributed by atoms with Crippen molar-refractivity contribution < 1.29 is 0 Å². The van der Waals surface area contributed by atoms with Crippen LogP contribution < -0.4 is 5.73 Å². The van der Waals surface area contributed by atoms with Gasteiger partial charge >= 0.3 is 0 Å². The van der Waals surface area contributed by atoms with E-state index in [0.717, 1.165) is 0 Å². The number of H-pyrrole nitrogens is 2. The van der Waals surface area contributed by atoms with Crippen molar-refractivity contribution in [1.82, 2.24) is 20.2 Å². The zero-order valence-corrected chi connectivity index (χ0v) is 8.27. The van der Waals surface area contributed by atoms with Crippen LogP contribution in [0.1, 0.15) is 13.8 Å². The maximum absolute atomic E-state index is 5.54. The molecule has 0 aliphatic heterocycles. The number of nitrogens with zero attached hydrogens (tertiary/aromatic N) is 2. The van der Waals surface area contributed by atoms with Gasteiger partial charge in [0.15, 0.2) is 5.65 Å². The normalized spacial score (nSPS) is 9.38. The molecule has 0 fully saturated rings. The summed E-state index contributed by atoms with van der Waals surface area (Å²) < 4.78 is 0.540. The van der Waals surface area contributed by atoms with E-state index in [2.05, 4.69) is 20.2 Å². The second kappa shape index (κ2) is 3.99. The number of hydrogen-bond acceptors (Lipinski definition) is 4. The molecular weight excluding hydrogens is 186 g/mol. The van der Waals surface area contributed by atoms with Gasteiger partial charge in [0.25, 0.3) is 0 Å². The molecule has 4 N–H and O–H groups in total. The van der Waals surface area contributed by atoms with Crippen LogP contribution in [0, 0.1) is 4.64 Å². The Hall–Kier alpha value is -1.43. The molecule has 2 aromatic heterocycles. The van der Waals surface area contributed by atoms with Gasteiger partial charge in [0, 0.05) is 0 Å². The van der Waals surface area contributed by atoms with Crippen LogP contribution in [0.3, 0.4) is 0 Å². The number of aromatic amines is 2. The summed E-state index contributed by atoms with van der Waals surface area (Å²) in [7, 11) is 0. The van der Waals surface area contributed by atoms with E-state index < -0.39 is 0 Å². The van der Waals surface area contributed by atoms with E-state index in [4.69, 9.17) is 18.0 Å². The van der Waals surface area contributed by atoms with Crippen molar-refractivity contribution in [2.45, 2.75) is 13.8 Å². The minimum Gasteiger partial charge on any atom is -0.383 e. The Morgan fingerprint density at radius 2 is 2.00 bits per heavy atom. The van der Waals surface area contributed by atoms with Crippen molar-refractivity contribution in [2.24, 2.45) is 0 Å². The van der Waals surface area contributed by atoms with Crippen LogP contribution in [0.25, 0.3) is 11.0 Å². The average Bonchev–Trinajstić information content (AvgIpc) is 2.53. The molecule has 2 heterocycles. The molecule has 0 amide bonds. The Morgan fingerprint density at radius 1 is 1.31 bits per heavy atom. The largest absolute Gasteiger partial charge is 0.383 e. The molecule has 0 aliphatic rings. The summed E-state index contributed by atoms with van der Waals surface area (Å²) in [5.41, 5.74) is 6.18. The lowest BCUT2D eigenvalue weighted by Gasteiger charge is -1.89. The van der Waals surface area contributed by atoms with Gasteiger partial charge in [0.1, 0.15) is 16.8 Å². The van der Waals surface area contributed by atoms with Gasteiger partial charge in [0.05, 0.1) is 5.39 Å². The van der Waals surface area contributed by atoms with Gasteiger partial charge in [-0.2, -0.15) is 0 Å². The van der Waals surface area contributed by atoms with Gasteiger partial charge < -0.3 is 5.73 Å². The summed E-state index contributed by atoms with van der Waals surface area (Å²) >= 11 is 4.93. The Balaban J connectivity index is 0.000000396. The van der Waals surface area contributed by atoms with Crippen LogP contribution in [-0.4, -0.2) is 20.2 Å². The molecule has 13 heavy (non-hydrogen) atoms. The highest BCUT2D eigenvalue weighted by atomic mass is 32.1. The molecule has 6 heteroatoms. The Bertz CT molecular complexity index is 443. The van der Waals surface area contributed by atoms with Crippen LogP contribution >= 0.6 is 12.2 Å². The highest BCUT2D eigenvalue weighted by Gasteiger charge is 2.02. The van der Waals surface area contributed by atoms with E-state index >= 15 is 0 Å². The quantitative estimate of drug-likeness (QED) is 0.560. The topological polar surface area (TPSA) is 83.4 Å². The van der Waals surface area contributed by atoms with Crippen molar-refractivity contribution in [3.8, 4) is 0 Å². The minimum atomic E-state index is 0.400. The first-order valence-corrected chi connectivity index (χ1v) is 4.36.